The Bertz CT molecular complexity index is 988. The molecule has 0 saturated carbocycles. The van der Waals surface area contributed by atoms with Crippen molar-refractivity contribution in [2.45, 2.75) is 70.6 Å². The second-order valence-corrected chi connectivity index (χ2v) is 10.8. The molecule has 0 atom stereocenters. The minimum Gasteiger partial charge on any atom is -0.444 e. The molecule has 2 saturated heterocycles. The molecule has 196 valence electrons. The van der Waals surface area contributed by atoms with E-state index in [9.17, 15) is 19.1 Å². The third kappa shape index (κ3) is 9.03. The topological polar surface area (TPSA) is 70.1 Å². The lowest BCUT2D eigenvalue weighted by atomic mass is 9.85. The molecule has 0 unspecified atom stereocenters. The van der Waals surface area contributed by atoms with Gasteiger partial charge in [-0.15, -0.1) is 0 Å². The molecule has 2 aromatic rings. The summed E-state index contributed by atoms with van der Waals surface area (Å²) in [6.45, 7) is 9.13. The van der Waals surface area contributed by atoms with E-state index in [0.29, 0.717) is 37.3 Å². The van der Waals surface area contributed by atoms with Crippen LogP contribution in [0.4, 0.5) is 9.18 Å². The van der Waals surface area contributed by atoms with Gasteiger partial charge in [-0.3, -0.25) is 9.69 Å². The van der Waals surface area contributed by atoms with Crippen LogP contribution in [0.25, 0.3) is 0 Å². The third-order valence-corrected chi connectivity index (χ3v) is 6.49. The number of carbonyl (C=O) groups excluding carboxylic acids is 2. The van der Waals surface area contributed by atoms with Crippen molar-refractivity contribution in [2.24, 2.45) is 0 Å². The first-order valence-corrected chi connectivity index (χ1v) is 12.7. The van der Waals surface area contributed by atoms with Gasteiger partial charge in [-0.2, -0.15) is 0 Å². The van der Waals surface area contributed by atoms with Crippen LogP contribution in [-0.4, -0.2) is 64.2 Å². The van der Waals surface area contributed by atoms with Crippen LogP contribution in [-0.2, 0) is 22.5 Å². The van der Waals surface area contributed by atoms with Crippen LogP contribution in [0.2, 0.25) is 0 Å². The molecule has 2 aromatic carbocycles. The molecule has 2 aliphatic heterocycles. The number of hydrogen-bond acceptors (Lipinski definition) is 5. The third-order valence-electron chi connectivity index (χ3n) is 6.49. The molecule has 6 nitrogen and oxygen atoms in total. The van der Waals surface area contributed by atoms with Crippen LogP contribution >= 0.6 is 0 Å². The number of aliphatic hydroxyl groups is 1. The second kappa shape index (κ2) is 12.5. The Morgan fingerprint density at radius 3 is 2.14 bits per heavy atom. The highest BCUT2D eigenvalue weighted by atomic mass is 19.1. The molecule has 0 bridgehead atoms. The average Bonchev–Trinajstić information content (AvgIpc) is 2.82. The predicted molar refractivity (Wildman–Crippen MR) is 138 cm³/mol. The van der Waals surface area contributed by atoms with Gasteiger partial charge in [0, 0.05) is 52.0 Å². The summed E-state index contributed by atoms with van der Waals surface area (Å²) in [5.74, 6) is 0.111. The SMILES string of the molecule is CC(C)(C)OC(=O)N1CCC(O)(Cc2ccccc2F)CC1.O=C1CCN(Cc2ccccc2)CC1. The van der Waals surface area contributed by atoms with Gasteiger partial charge < -0.3 is 14.7 Å². The molecular formula is C29H39FN2O4. The lowest BCUT2D eigenvalue weighted by Gasteiger charge is -2.38. The standard InChI is InChI=1S/C17H24FNO3.C12H15NO/c1-16(2,3)22-15(20)19-10-8-17(21,9-11-19)12-13-6-4-5-7-14(13)18;14-12-6-8-13(9-7-12)10-11-4-2-1-3-5-11/h4-7,21H,8-12H2,1-3H3;1-5H,6-10H2. The molecule has 2 heterocycles. The average molecular weight is 499 g/mol. The Hall–Kier alpha value is -2.77. The number of amides is 1. The summed E-state index contributed by atoms with van der Waals surface area (Å²) >= 11 is 0. The number of rotatable bonds is 4. The highest BCUT2D eigenvalue weighted by Crippen LogP contribution is 2.28. The van der Waals surface area contributed by atoms with E-state index in [0.717, 1.165) is 32.5 Å². The van der Waals surface area contributed by atoms with Crippen LogP contribution in [0.1, 0.15) is 57.6 Å². The van der Waals surface area contributed by atoms with E-state index >= 15 is 0 Å². The minimum atomic E-state index is -0.972. The Kier molecular flexibility index (Phi) is 9.63. The lowest BCUT2D eigenvalue weighted by molar-refractivity contribution is -0.121. The smallest absolute Gasteiger partial charge is 0.410 e. The second-order valence-electron chi connectivity index (χ2n) is 10.8. The highest BCUT2D eigenvalue weighted by molar-refractivity contribution is 5.79. The molecule has 0 spiro atoms. The van der Waals surface area contributed by atoms with Gasteiger partial charge in [0.05, 0.1) is 5.60 Å². The van der Waals surface area contributed by atoms with Crippen LogP contribution < -0.4 is 0 Å². The van der Waals surface area contributed by atoms with E-state index in [1.807, 2.05) is 26.8 Å². The van der Waals surface area contributed by atoms with Gasteiger partial charge >= 0.3 is 6.09 Å². The number of nitrogens with zero attached hydrogens (tertiary/aromatic N) is 2. The summed E-state index contributed by atoms with van der Waals surface area (Å²) in [5, 5.41) is 10.6. The van der Waals surface area contributed by atoms with Crippen molar-refractivity contribution >= 4 is 11.9 Å². The first kappa shape index (κ1) is 27.8. The molecular weight excluding hydrogens is 459 g/mol. The Balaban J connectivity index is 0.000000221. The molecule has 2 fully saturated rings. The van der Waals surface area contributed by atoms with Gasteiger partial charge in [0.25, 0.3) is 0 Å². The van der Waals surface area contributed by atoms with Crippen molar-refractivity contribution < 1.29 is 23.8 Å². The number of Topliss-reactive ketones (excluding diaryl/α,β-unsaturated/α-hetero) is 1. The molecule has 0 aromatic heterocycles. The van der Waals surface area contributed by atoms with Crippen LogP contribution in [0.5, 0.6) is 0 Å². The van der Waals surface area contributed by atoms with Crippen molar-refractivity contribution in [3.8, 4) is 0 Å². The zero-order chi connectivity index (χ0) is 26.2. The van der Waals surface area contributed by atoms with Gasteiger partial charge in [0.2, 0.25) is 0 Å². The van der Waals surface area contributed by atoms with Gasteiger partial charge in [-0.25, -0.2) is 9.18 Å². The first-order valence-electron chi connectivity index (χ1n) is 12.7. The number of benzene rings is 2. The molecule has 36 heavy (non-hydrogen) atoms. The maximum absolute atomic E-state index is 13.7. The normalized spacial score (nSPS) is 18.2. The number of ketones is 1. The Morgan fingerprint density at radius 2 is 1.56 bits per heavy atom. The van der Waals surface area contributed by atoms with Crippen molar-refractivity contribution in [1.82, 2.24) is 9.80 Å². The number of likely N-dealkylation sites (tertiary alicyclic amines) is 2. The molecule has 0 radical (unpaired) electrons. The summed E-state index contributed by atoms with van der Waals surface area (Å²) in [6, 6.07) is 16.9. The van der Waals surface area contributed by atoms with E-state index in [2.05, 4.69) is 29.2 Å². The number of ether oxygens (including phenoxy) is 1. The summed E-state index contributed by atoms with van der Waals surface area (Å²) in [7, 11) is 0. The summed E-state index contributed by atoms with van der Waals surface area (Å²) in [4.78, 5) is 27.0. The van der Waals surface area contributed by atoms with E-state index in [4.69, 9.17) is 4.74 Å². The van der Waals surface area contributed by atoms with Gasteiger partial charge in [-0.05, 0) is 50.8 Å². The highest BCUT2D eigenvalue weighted by Gasteiger charge is 2.36. The molecule has 7 heteroatoms. The summed E-state index contributed by atoms with van der Waals surface area (Å²) in [6.07, 6.45) is 2.20. The van der Waals surface area contributed by atoms with Gasteiger partial charge in [-0.1, -0.05) is 48.5 Å². The number of halogens is 1. The predicted octanol–water partition coefficient (Wildman–Crippen LogP) is 4.98. The van der Waals surface area contributed by atoms with Crippen molar-refractivity contribution in [3.63, 3.8) is 0 Å². The number of carbonyl (C=O) groups is 2. The fraction of sp³-hybridized carbons (Fsp3) is 0.517. The van der Waals surface area contributed by atoms with E-state index in [1.165, 1.54) is 11.6 Å². The Morgan fingerprint density at radius 1 is 0.972 bits per heavy atom. The fourth-order valence-electron chi connectivity index (χ4n) is 4.41. The zero-order valence-electron chi connectivity index (χ0n) is 21.7. The molecule has 0 aliphatic carbocycles. The van der Waals surface area contributed by atoms with Crippen LogP contribution in [0.15, 0.2) is 54.6 Å². The monoisotopic (exact) mass is 498 g/mol. The Labute approximate surface area is 214 Å². The fourth-order valence-corrected chi connectivity index (χ4v) is 4.41. The maximum Gasteiger partial charge on any atom is 0.410 e. The van der Waals surface area contributed by atoms with Crippen molar-refractivity contribution in [3.05, 3.63) is 71.5 Å². The molecule has 1 amide bonds. The summed E-state index contributed by atoms with van der Waals surface area (Å²) in [5.41, 5.74) is 0.344. The van der Waals surface area contributed by atoms with E-state index in [-0.39, 0.29) is 18.3 Å². The molecule has 4 rings (SSSR count). The van der Waals surface area contributed by atoms with E-state index in [1.54, 1.807) is 23.1 Å². The van der Waals surface area contributed by atoms with Crippen LogP contribution in [0.3, 0.4) is 0 Å². The van der Waals surface area contributed by atoms with Crippen molar-refractivity contribution in [1.29, 1.82) is 0 Å². The largest absolute Gasteiger partial charge is 0.444 e. The van der Waals surface area contributed by atoms with Crippen LogP contribution in [0, 0.1) is 5.82 Å². The minimum absolute atomic E-state index is 0.266. The zero-order valence-corrected chi connectivity index (χ0v) is 21.7. The van der Waals surface area contributed by atoms with Gasteiger partial charge in [0.1, 0.15) is 17.2 Å². The molecule has 2 aliphatic rings. The van der Waals surface area contributed by atoms with Gasteiger partial charge in [0.15, 0.2) is 0 Å². The quantitative estimate of drug-likeness (QED) is 0.644. The first-order chi connectivity index (χ1) is 17.0. The number of hydrogen-bond donors (Lipinski definition) is 1. The maximum atomic E-state index is 13.7. The number of piperidine rings is 2. The summed E-state index contributed by atoms with van der Waals surface area (Å²) < 4.78 is 19.0. The molecule has 1 N–H and O–H groups in total. The van der Waals surface area contributed by atoms with E-state index < -0.39 is 11.2 Å². The van der Waals surface area contributed by atoms with Crippen molar-refractivity contribution in [2.75, 3.05) is 26.2 Å². The lowest BCUT2D eigenvalue weighted by Crippen LogP contribution is -2.49.